The maximum absolute atomic E-state index is 12.5. The van der Waals surface area contributed by atoms with Crippen LogP contribution in [0.5, 0.6) is 0 Å². The van der Waals surface area contributed by atoms with Crippen molar-refractivity contribution in [3.63, 3.8) is 0 Å². The highest BCUT2D eigenvalue weighted by Crippen LogP contribution is 2.51. The van der Waals surface area contributed by atoms with Crippen LogP contribution in [0.25, 0.3) is 0 Å². The summed E-state index contributed by atoms with van der Waals surface area (Å²) in [5.74, 6) is 0. The third-order valence-electron chi connectivity index (χ3n) is 5.82. The van der Waals surface area contributed by atoms with E-state index < -0.39 is 11.2 Å². The minimum atomic E-state index is -0.993. The number of amides is 1. The van der Waals surface area contributed by atoms with E-state index in [-0.39, 0.29) is 23.6 Å². The lowest BCUT2D eigenvalue weighted by molar-refractivity contribution is -0.140. The lowest BCUT2D eigenvalue weighted by Crippen LogP contribution is -2.62. The summed E-state index contributed by atoms with van der Waals surface area (Å²) >= 11 is 0. The summed E-state index contributed by atoms with van der Waals surface area (Å²) in [6.07, 6.45) is 5.66. The van der Waals surface area contributed by atoms with E-state index in [0.717, 1.165) is 25.7 Å². The van der Waals surface area contributed by atoms with E-state index in [1.54, 1.807) is 21.7 Å². The van der Waals surface area contributed by atoms with Crippen LogP contribution in [0.15, 0.2) is 29.2 Å². The molecule has 1 aliphatic heterocycles. The number of ether oxygens (including phenoxy) is 1. The van der Waals surface area contributed by atoms with Crippen LogP contribution in [0, 0.1) is 5.41 Å². The first-order valence-corrected chi connectivity index (χ1v) is 9.50. The van der Waals surface area contributed by atoms with Crippen LogP contribution in [-0.4, -0.2) is 45.0 Å². The molecule has 1 aromatic rings. The number of rotatable bonds is 2. The molecule has 1 aliphatic carbocycles. The molecule has 2 fully saturated rings. The fourth-order valence-corrected chi connectivity index (χ4v) is 4.45. The van der Waals surface area contributed by atoms with Gasteiger partial charge in [-0.05, 0) is 46.1 Å². The van der Waals surface area contributed by atoms with Crippen molar-refractivity contribution >= 4 is 6.09 Å². The second-order valence-electron chi connectivity index (χ2n) is 8.84. The Labute approximate surface area is 154 Å². The highest BCUT2D eigenvalue weighted by Gasteiger charge is 2.56. The highest BCUT2D eigenvalue weighted by atomic mass is 16.6. The molecule has 1 saturated heterocycles. The Balaban J connectivity index is 1.83. The van der Waals surface area contributed by atoms with Crippen LogP contribution in [0.3, 0.4) is 0 Å². The van der Waals surface area contributed by atoms with Gasteiger partial charge in [-0.15, -0.1) is 0 Å². The first kappa shape index (κ1) is 19.0. The van der Waals surface area contributed by atoms with Crippen molar-refractivity contribution in [2.75, 3.05) is 13.1 Å². The zero-order chi connectivity index (χ0) is 19.0. The van der Waals surface area contributed by atoms with Gasteiger partial charge in [-0.25, -0.2) is 4.79 Å². The number of pyridine rings is 1. The number of hydrogen-bond donors (Lipinski definition) is 1. The van der Waals surface area contributed by atoms with Crippen LogP contribution in [0.2, 0.25) is 0 Å². The number of nitrogens with zero attached hydrogens (tertiary/aromatic N) is 2. The quantitative estimate of drug-likeness (QED) is 0.878. The number of likely N-dealkylation sites (tertiary alicyclic amines) is 1. The Kier molecular flexibility index (Phi) is 4.90. The number of aromatic nitrogens is 1. The highest BCUT2D eigenvalue weighted by molar-refractivity contribution is 5.68. The van der Waals surface area contributed by atoms with E-state index in [2.05, 4.69) is 0 Å². The maximum atomic E-state index is 12.5. The van der Waals surface area contributed by atoms with Crippen molar-refractivity contribution in [1.82, 2.24) is 9.47 Å². The Morgan fingerprint density at radius 2 is 1.92 bits per heavy atom. The monoisotopic (exact) mass is 362 g/mol. The molecule has 1 atom stereocenters. The molecule has 1 aromatic heterocycles. The molecule has 0 aromatic carbocycles. The Morgan fingerprint density at radius 1 is 1.23 bits per heavy atom. The fraction of sp³-hybridized carbons (Fsp3) is 0.700. The lowest BCUT2D eigenvalue weighted by atomic mass is 9.66. The molecular formula is C20H30N2O4. The SMILES string of the molecule is CC(C)(C)OC(=O)N1CC[C@@](O)(Cn2ccccc2=O)C2(CCCC2)C1. The summed E-state index contributed by atoms with van der Waals surface area (Å²) in [4.78, 5) is 26.4. The van der Waals surface area contributed by atoms with Crippen LogP contribution in [-0.2, 0) is 11.3 Å². The van der Waals surface area contributed by atoms with Crippen LogP contribution >= 0.6 is 0 Å². The summed E-state index contributed by atoms with van der Waals surface area (Å²) in [7, 11) is 0. The van der Waals surface area contributed by atoms with Crippen LogP contribution in [0.4, 0.5) is 4.79 Å². The normalized spacial score (nSPS) is 25.5. The molecule has 2 aliphatic rings. The molecule has 0 radical (unpaired) electrons. The standard InChI is InChI=1S/C20H30N2O4/c1-18(2,3)26-17(24)22-13-11-20(25,19(14-22)9-5-6-10-19)15-21-12-7-4-8-16(21)23/h4,7-8,12,25H,5-6,9-11,13-15H2,1-3H3/t20-/m1/s1. The van der Waals surface area contributed by atoms with Gasteiger partial charge in [0.2, 0.25) is 0 Å². The van der Waals surface area contributed by atoms with E-state index in [1.165, 1.54) is 6.07 Å². The van der Waals surface area contributed by atoms with E-state index in [9.17, 15) is 14.7 Å². The molecule has 1 amide bonds. The van der Waals surface area contributed by atoms with Crippen LogP contribution < -0.4 is 5.56 Å². The molecular weight excluding hydrogens is 332 g/mol. The minimum absolute atomic E-state index is 0.108. The van der Waals surface area contributed by atoms with E-state index in [0.29, 0.717) is 19.5 Å². The maximum Gasteiger partial charge on any atom is 0.410 e. The summed E-state index contributed by atoms with van der Waals surface area (Å²) in [5, 5.41) is 11.6. The molecule has 1 saturated carbocycles. The average Bonchev–Trinajstić information content (AvgIpc) is 3.01. The van der Waals surface area contributed by atoms with Gasteiger partial charge in [-0.3, -0.25) is 4.79 Å². The summed E-state index contributed by atoms with van der Waals surface area (Å²) < 4.78 is 7.12. The predicted octanol–water partition coefficient (Wildman–Crippen LogP) is 2.78. The number of aliphatic hydroxyl groups is 1. The number of carbonyl (C=O) groups is 1. The molecule has 3 rings (SSSR count). The second-order valence-corrected chi connectivity index (χ2v) is 8.84. The molecule has 0 unspecified atom stereocenters. The average molecular weight is 362 g/mol. The van der Waals surface area contributed by atoms with E-state index >= 15 is 0 Å². The van der Waals surface area contributed by atoms with Crippen molar-refractivity contribution in [1.29, 1.82) is 0 Å². The van der Waals surface area contributed by atoms with Crippen LogP contribution in [0.1, 0.15) is 52.9 Å². The Hall–Kier alpha value is -1.82. The molecule has 6 nitrogen and oxygen atoms in total. The third-order valence-corrected chi connectivity index (χ3v) is 5.82. The fourth-order valence-electron chi connectivity index (χ4n) is 4.45. The Morgan fingerprint density at radius 3 is 2.54 bits per heavy atom. The van der Waals surface area contributed by atoms with Gasteiger partial charge in [-0.2, -0.15) is 0 Å². The predicted molar refractivity (Wildman–Crippen MR) is 99.0 cm³/mol. The molecule has 26 heavy (non-hydrogen) atoms. The summed E-state index contributed by atoms with van der Waals surface area (Å²) in [5.41, 5.74) is -2.01. The van der Waals surface area contributed by atoms with Gasteiger partial charge < -0.3 is 19.3 Å². The molecule has 0 bridgehead atoms. The van der Waals surface area contributed by atoms with E-state index in [1.807, 2.05) is 26.8 Å². The smallest absolute Gasteiger partial charge is 0.410 e. The van der Waals surface area contributed by atoms with Gasteiger partial charge in [0.25, 0.3) is 5.56 Å². The number of hydrogen-bond acceptors (Lipinski definition) is 4. The largest absolute Gasteiger partial charge is 0.444 e. The topological polar surface area (TPSA) is 71.8 Å². The second kappa shape index (κ2) is 6.72. The zero-order valence-corrected chi connectivity index (χ0v) is 16.0. The van der Waals surface area contributed by atoms with E-state index in [4.69, 9.17) is 4.74 Å². The first-order valence-electron chi connectivity index (χ1n) is 9.50. The summed E-state index contributed by atoms with van der Waals surface area (Å²) in [6.45, 7) is 6.78. The molecule has 1 spiro atoms. The Bertz CT molecular complexity index is 715. The van der Waals surface area contributed by atoms with Crippen molar-refractivity contribution < 1.29 is 14.6 Å². The molecule has 1 N–H and O–H groups in total. The number of carbonyl (C=O) groups excluding carboxylic acids is 1. The molecule has 144 valence electrons. The van der Waals surface area contributed by atoms with Crippen molar-refractivity contribution in [3.8, 4) is 0 Å². The minimum Gasteiger partial charge on any atom is -0.444 e. The molecule has 6 heteroatoms. The van der Waals surface area contributed by atoms with Gasteiger partial charge in [0.15, 0.2) is 0 Å². The summed E-state index contributed by atoms with van der Waals surface area (Å²) in [6, 6.07) is 5.03. The number of piperidine rings is 1. The first-order chi connectivity index (χ1) is 12.1. The van der Waals surface area contributed by atoms with Crippen molar-refractivity contribution in [2.45, 2.75) is 70.6 Å². The third kappa shape index (κ3) is 3.65. The van der Waals surface area contributed by atoms with Gasteiger partial charge in [-0.1, -0.05) is 18.9 Å². The van der Waals surface area contributed by atoms with Crippen molar-refractivity contribution in [2.24, 2.45) is 5.41 Å². The molecule has 2 heterocycles. The van der Waals surface area contributed by atoms with Crippen molar-refractivity contribution in [3.05, 3.63) is 34.7 Å². The van der Waals surface area contributed by atoms with Gasteiger partial charge >= 0.3 is 6.09 Å². The van der Waals surface area contributed by atoms with Gasteiger partial charge in [0.1, 0.15) is 5.60 Å². The zero-order valence-electron chi connectivity index (χ0n) is 16.0. The van der Waals surface area contributed by atoms with Gasteiger partial charge in [0.05, 0.1) is 12.1 Å². The van der Waals surface area contributed by atoms with Gasteiger partial charge in [0, 0.05) is 30.8 Å². The lowest BCUT2D eigenvalue weighted by Gasteiger charge is -2.52.